The van der Waals surface area contributed by atoms with Gasteiger partial charge in [0.25, 0.3) is 0 Å². The third kappa shape index (κ3) is 2.17. The minimum atomic E-state index is 0.764. The SMILES string of the molecule is [C-]#[N+]/C=C\c1cccnc1Br. The van der Waals surface area contributed by atoms with Crippen LogP contribution in [0.25, 0.3) is 10.9 Å². The average molecular weight is 209 g/mol. The van der Waals surface area contributed by atoms with E-state index in [9.17, 15) is 0 Å². The zero-order valence-corrected chi connectivity index (χ0v) is 7.25. The van der Waals surface area contributed by atoms with E-state index in [2.05, 4.69) is 25.8 Å². The molecule has 0 aliphatic carbocycles. The number of hydrogen-bond donors (Lipinski definition) is 0. The third-order valence-electron chi connectivity index (χ3n) is 1.12. The second-order valence-corrected chi connectivity index (χ2v) is 2.58. The van der Waals surface area contributed by atoms with Crippen LogP contribution in [0.5, 0.6) is 0 Å². The van der Waals surface area contributed by atoms with Gasteiger partial charge < -0.3 is 0 Å². The van der Waals surface area contributed by atoms with E-state index < -0.39 is 0 Å². The summed E-state index contributed by atoms with van der Waals surface area (Å²) in [5, 5.41) is 0. The molecule has 1 heterocycles. The van der Waals surface area contributed by atoms with Gasteiger partial charge in [0, 0.05) is 6.20 Å². The molecule has 0 amide bonds. The lowest BCUT2D eigenvalue weighted by Gasteiger charge is -1.93. The summed E-state index contributed by atoms with van der Waals surface area (Å²) >= 11 is 3.26. The second kappa shape index (κ2) is 3.89. The summed E-state index contributed by atoms with van der Waals surface area (Å²) in [5.74, 6) is 0. The van der Waals surface area contributed by atoms with Crippen LogP contribution in [-0.2, 0) is 0 Å². The molecule has 1 rings (SSSR count). The molecule has 0 saturated heterocycles. The van der Waals surface area contributed by atoms with E-state index in [0.29, 0.717) is 0 Å². The Morgan fingerprint density at radius 2 is 2.45 bits per heavy atom. The fraction of sp³-hybridized carbons (Fsp3) is 0. The zero-order chi connectivity index (χ0) is 8.10. The Hall–Kier alpha value is -1.14. The van der Waals surface area contributed by atoms with Gasteiger partial charge in [-0.05, 0) is 27.6 Å². The molecule has 0 aromatic carbocycles. The summed E-state index contributed by atoms with van der Waals surface area (Å²) < 4.78 is 0.764. The van der Waals surface area contributed by atoms with Crippen LogP contribution in [-0.4, -0.2) is 4.98 Å². The summed E-state index contributed by atoms with van der Waals surface area (Å²) in [6, 6.07) is 3.72. The maximum Gasteiger partial charge on any atom is 0.154 e. The van der Waals surface area contributed by atoms with Gasteiger partial charge in [-0.2, -0.15) is 0 Å². The van der Waals surface area contributed by atoms with Gasteiger partial charge in [0.2, 0.25) is 0 Å². The molecule has 0 saturated carbocycles. The van der Waals surface area contributed by atoms with Crippen LogP contribution in [0.2, 0.25) is 0 Å². The Labute approximate surface area is 73.5 Å². The van der Waals surface area contributed by atoms with Crippen molar-refractivity contribution in [3.05, 3.63) is 46.1 Å². The summed E-state index contributed by atoms with van der Waals surface area (Å²) in [6.07, 6.45) is 4.81. The van der Waals surface area contributed by atoms with Gasteiger partial charge in [0.05, 0.1) is 6.57 Å². The predicted octanol–water partition coefficient (Wildman–Crippen LogP) is 2.73. The van der Waals surface area contributed by atoms with Crippen LogP contribution in [0.3, 0.4) is 0 Å². The highest BCUT2D eigenvalue weighted by Gasteiger charge is 1.91. The molecule has 11 heavy (non-hydrogen) atoms. The Bertz CT molecular complexity index is 312. The minimum Gasteiger partial charge on any atom is -0.249 e. The van der Waals surface area contributed by atoms with E-state index >= 15 is 0 Å². The molecule has 54 valence electrons. The van der Waals surface area contributed by atoms with Crippen molar-refractivity contribution in [3.63, 3.8) is 0 Å². The van der Waals surface area contributed by atoms with Crippen molar-refractivity contribution in [1.29, 1.82) is 0 Å². The summed E-state index contributed by atoms with van der Waals surface area (Å²) in [4.78, 5) is 7.09. The van der Waals surface area contributed by atoms with E-state index in [0.717, 1.165) is 10.2 Å². The average Bonchev–Trinajstić information content (AvgIpc) is 2.03. The molecule has 0 bridgehead atoms. The molecule has 0 N–H and O–H groups in total. The largest absolute Gasteiger partial charge is 0.249 e. The molecular weight excluding hydrogens is 204 g/mol. The molecule has 0 spiro atoms. The Kier molecular flexibility index (Phi) is 2.82. The molecule has 2 nitrogen and oxygen atoms in total. The number of rotatable bonds is 1. The summed E-state index contributed by atoms with van der Waals surface area (Å²) in [5.41, 5.74) is 0.920. The first-order chi connectivity index (χ1) is 5.34. The number of nitrogens with zero attached hydrogens (tertiary/aromatic N) is 2. The molecule has 0 radical (unpaired) electrons. The monoisotopic (exact) mass is 208 g/mol. The van der Waals surface area contributed by atoms with Gasteiger partial charge in [-0.15, -0.1) is 0 Å². The van der Waals surface area contributed by atoms with Crippen molar-refractivity contribution >= 4 is 22.0 Å². The fourth-order valence-corrected chi connectivity index (χ4v) is 1.02. The smallest absolute Gasteiger partial charge is 0.154 e. The van der Waals surface area contributed by atoms with Crippen LogP contribution in [0, 0.1) is 6.57 Å². The normalized spacial score (nSPS) is 9.82. The van der Waals surface area contributed by atoms with Crippen molar-refractivity contribution in [3.8, 4) is 0 Å². The molecule has 1 aromatic rings. The Morgan fingerprint density at radius 1 is 1.64 bits per heavy atom. The lowest BCUT2D eigenvalue weighted by atomic mass is 10.3. The van der Waals surface area contributed by atoms with Crippen LogP contribution in [0.15, 0.2) is 29.1 Å². The number of hydrogen-bond acceptors (Lipinski definition) is 1. The van der Waals surface area contributed by atoms with Crippen molar-refractivity contribution in [2.75, 3.05) is 0 Å². The highest BCUT2D eigenvalue weighted by Crippen LogP contribution is 2.13. The molecule has 1 aromatic heterocycles. The van der Waals surface area contributed by atoms with E-state index in [4.69, 9.17) is 6.57 Å². The van der Waals surface area contributed by atoms with Gasteiger partial charge in [-0.1, -0.05) is 12.1 Å². The standard InChI is InChI=1S/C8H5BrN2/c1-10-6-4-7-3-2-5-11-8(7)9/h2-6H/b6-4-. The highest BCUT2D eigenvalue weighted by molar-refractivity contribution is 9.10. The lowest BCUT2D eigenvalue weighted by molar-refractivity contribution is 1.26. The van der Waals surface area contributed by atoms with E-state index in [1.807, 2.05) is 12.1 Å². The van der Waals surface area contributed by atoms with Crippen molar-refractivity contribution in [1.82, 2.24) is 4.98 Å². The third-order valence-corrected chi connectivity index (χ3v) is 1.78. The van der Waals surface area contributed by atoms with Crippen molar-refractivity contribution in [2.45, 2.75) is 0 Å². The topological polar surface area (TPSA) is 17.2 Å². The summed E-state index contributed by atoms with van der Waals surface area (Å²) in [6.45, 7) is 6.52. The molecule has 0 fully saturated rings. The van der Waals surface area contributed by atoms with Crippen LogP contribution in [0.1, 0.15) is 5.56 Å². The maximum absolute atomic E-state index is 6.52. The first-order valence-electron chi connectivity index (χ1n) is 2.98. The summed E-state index contributed by atoms with van der Waals surface area (Å²) in [7, 11) is 0. The van der Waals surface area contributed by atoms with Gasteiger partial charge in [-0.3, -0.25) is 0 Å². The van der Waals surface area contributed by atoms with Gasteiger partial charge in [0.1, 0.15) is 4.60 Å². The van der Waals surface area contributed by atoms with Gasteiger partial charge in [-0.25, -0.2) is 9.83 Å². The molecule has 0 unspecified atom stereocenters. The molecule has 0 atom stereocenters. The highest BCUT2D eigenvalue weighted by atomic mass is 79.9. The first-order valence-corrected chi connectivity index (χ1v) is 3.77. The van der Waals surface area contributed by atoms with Crippen LogP contribution >= 0.6 is 15.9 Å². The Morgan fingerprint density at radius 3 is 3.09 bits per heavy atom. The van der Waals surface area contributed by atoms with Gasteiger partial charge >= 0.3 is 0 Å². The number of aromatic nitrogens is 1. The molecule has 0 aliphatic rings. The predicted molar refractivity (Wildman–Crippen MR) is 47.6 cm³/mol. The molecule has 3 heteroatoms. The van der Waals surface area contributed by atoms with Crippen molar-refractivity contribution < 1.29 is 0 Å². The minimum absolute atomic E-state index is 0.764. The quantitative estimate of drug-likeness (QED) is 0.513. The van der Waals surface area contributed by atoms with E-state index in [-0.39, 0.29) is 0 Å². The second-order valence-electron chi connectivity index (χ2n) is 1.83. The van der Waals surface area contributed by atoms with E-state index in [1.54, 1.807) is 12.3 Å². The molecular formula is C8H5BrN2. The zero-order valence-electron chi connectivity index (χ0n) is 5.66. The lowest BCUT2D eigenvalue weighted by Crippen LogP contribution is -1.77. The van der Waals surface area contributed by atoms with Gasteiger partial charge in [0.15, 0.2) is 6.20 Å². The van der Waals surface area contributed by atoms with Crippen molar-refractivity contribution in [2.24, 2.45) is 0 Å². The van der Waals surface area contributed by atoms with E-state index in [1.165, 1.54) is 6.20 Å². The fourth-order valence-electron chi connectivity index (χ4n) is 0.640. The Balaban J connectivity index is 2.97. The maximum atomic E-state index is 6.52. The number of halogens is 1. The van der Waals surface area contributed by atoms with Crippen LogP contribution in [0.4, 0.5) is 0 Å². The van der Waals surface area contributed by atoms with Crippen LogP contribution < -0.4 is 0 Å². The first kappa shape index (κ1) is 7.96. The number of pyridine rings is 1. The molecule has 0 aliphatic heterocycles.